The number of hydrogen-bond donors (Lipinski definition) is 1. The van der Waals surface area contributed by atoms with Crippen LogP contribution < -0.4 is 19.7 Å². The van der Waals surface area contributed by atoms with E-state index in [0.29, 0.717) is 28.5 Å². The predicted octanol–water partition coefficient (Wildman–Crippen LogP) is 7.08. The number of thioether (sulfide) groups is 1. The van der Waals surface area contributed by atoms with E-state index in [9.17, 15) is 27.2 Å². The van der Waals surface area contributed by atoms with Crippen LogP contribution in [0, 0.1) is 0 Å². The van der Waals surface area contributed by atoms with Gasteiger partial charge in [-0.1, -0.05) is 55.9 Å². The van der Waals surface area contributed by atoms with Crippen molar-refractivity contribution in [1.82, 2.24) is 20.1 Å². The first-order chi connectivity index (χ1) is 21.9. The highest BCUT2D eigenvalue weighted by Gasteiger charge is 2.33. The van der Waals surface area contributed by atoms with Gasteiger partial charge in [0, 0.05) is 23.4 Å². The van der Waals surface area contributed by atoms with E-state index in [4.69, 9.17) is 4.74 Å². The van der Waals surface area contributed by atoms with E-state index in [-0.39, 0.29) is 34.1 Å². The molecule has 0 aliphatic carbocycles. The van der Waals surface area contributed by atoms with Crippen LogP contribution in [0.4, 0.5) is 28.0 Å². The quantitative estimate of drug-likeness (QED) is 0.202. The molecule has 2 heterocycles. The van der Waals surface area contributed by atoms with Gasteiger partial charge in [0.1, 0.15) is 23.7 Å². The van der Waals surface area contributed by atoms with Gasteiger partial charge in [0.25, 0.3) is 0 Å². The summed E-state index contributed by atoms with van der Waals surface area (Å²) < 4.78 is 62.7. The maximum absolute atomic E-state index is 14.9. The lowest BCUT2D eigenvalue weighted by atomic mass is 10.00. The maximum Gasteiger partial charge on any atom is 0.573 e. The minimum Gasteiger partial charge on any atom is -0.497 e. The minimum absolute atomic E-state index is 0.0757. The second-order valence-corrected chi connectivity index (χ2v) is 11.0. The molecule has 0 radical (unpaired) electrons. The Bertz CT molecular complexity index is 1800. The Morgan fingerprint density at radius 1 is 1.07 bits per heavy atom. The van der Waals surface area contributed by atoms with Gasteiger partial charge in [-0.25, -0.2) is 18.9 Å². The molecule has 238 valence electrons. The number of amides is 3. The summed E-state index contributed by atoms with van der Waals surface area (Å²) in [6.07, 6.45) is -2.54. The van der Waals surface area contributed by atoms with E-state index in [1.54, 1.807) is 24.3 Å². The lowest BCUT2D eigenvalue weighted by molar-refractivity contribution is -0.274. The van der Waals surface area contributed by atoms with Crippen molar-refractivity contribution in [1.29, 1.82) is 0 Å². The molecule has 1 aliphatic heterocycles. The zero-order valence-corrected chi connectivity index (χ0v) is 25.4. The summed E-state index contributed by atoms with van der Waals surface area (Å²) in [6, 6.07) is 15.7. The van der Waals surface area contributed by atoms with Gasteiger partial charge in [-0.3, -0.25) is 9.69 Å². The zero-order chi connectivity index (χ0) is 33.0. The number of carbonyl (C=O) groups excluding carboxylic acids is 2. The summed E-state index contributed by atoms with van der Waals surface area (Å²) in [6.45, 7) is 3.96. The number of nitrogens with zero attached hydrogens (tertiary/aromatic N) is 5. The number of aromatic nitrogens is 3. The highest BCUT2D eigenvalue weighted by Crippen LogP contribution is 2.36. The van der Waals surface area contributed by atoms with Crippen LogP contribution in [-0.4, -0.2) is 51.1 Å². The smallest absolute Gasteiger partial charge is 0.497 e. The molecule has 5 rings (SSSR count). The Morgan fingerprint density at radius 3 is 2.41 bits per heavy atom. The Kier molecular flexibility index (Phi) is 9.41. The number of anilines is 1. The van der Waals surface area contributed by atoms with Crippen molar-refractivity contribution < 1.29 is 36.6 Å². The number of alkyl halides is 3. The topological polar surface area (TPSA) is 111 Å². The third kappa shape index (κ3) is 7.54. The molecule has 4 aromatic rings. The van der Waals surface area contributed by atoms with Gasteiger partial charge in [-0.2, -0.15) is 4.99 Å². The van der Waals surface area contributed by atoms with Gasteiger partial charge in [0.15, 0.2) is 11.0 Å². The van der Waals surface area contributed by atoms with Crippen LogP contribution >= 0.6 is 11.8 Å². The highest BCUT2D eigenvalue weighted by molar-refractivity contribution is 8.15. The maximum atomic E-state index is 14.9. The first-order valence-corrected chi connectivity index (χ1v) is 14.7. The monoisotopic (exact) mass is 654 g/mol. The number of hydrogen-bond acceptors (Lipinski definition) is 7. The summed E-state index contributed by atoms with van der Waals surface area (Å²) in [5, 5.41) is 6.78. The van der Waals surface area contributed by atoms with Crippen LogP contribution in [0.1, 0.15) is 30.9 Å². The molecule has 0 atom stereocenters. The lowest BCUT2D eigenvalue weighted by Gasteiger charge is -2.22. The Balaban J connectivity index is 1.25. The van der Waals surface area contributed by atoms with Crippen molar-refractivity contribution >= 4 is 40.4 Å². The first kappa shape index (κ1) is 32.2. The number of ether oxygens (including phenoxy) is 2. The number of methoxy groups -OCH3 is 1. The molecule has 0 bridgehead atoms. The molecule has 0 unspecified atom stereocenters. The molecule has 1 aliphatic rings. The van der Waals surface area contributed by atoms with E-state index in [1.165, 1.54) is 47.3 Å². The van der Waals surface area contributed by atoms with Crippen LogP contribution in [0.5, 0.6) is 11.5 Å². The molecule has 15 heteroatoms. The average Bonchev–Trinajstić information content (AvgIpc) is 3.66. The number of urea groups is 1. The molecule has 1 saturated heterocycles. The average molecular weight is 655 g/mol. The second-order valence-electron chi connectivity index (χ2n) is 10.1. The third-order valence-electron chi connectivity index (χ3n) is 6.63. The van der Waals surface area contributed by atoms with Gasteiger partial charge in [0.2, 0.25) is 5.91 Å². The first-order valence-electron chi connectivity index (χ1n) is 13.7. The summed E-state index contributed by atoms with van der Waals surface area (Å²) in [4.78, 5) is 35.0. The van der Waals surface area contributed by atoms with Gasteiger partial charge in [-0.15, -0.1) is 18.3 Å². The molecule has 10 nitrogen and oxygen atoms in total. The van der Waals surface area contributed by atoms with Crippen molar-refractivity contribution in [2.45, 2.75) is 26.1 Å². The standard InChI is InChI=1S/C31H26F4N6O4S/c1-18(2)24-13-12-23(44-3)14-26(24)41-27(42)16-46-30(41)38-29(43)36-15-25(32)19-4-6-20(7-5-19)28-37-17-40(39-28)21-8-10-22(11-9-21)45-31(33,34)35/h4-15,17-18H,16H2,1-3H3,(H,36,43)/b25-15-,38-30?. The molecule has 0 saturated carbocycles. The molecular formula is C31H26F4N6O4S. The van der Waals surface area contributed by atoms with Gasteiger partial charge in [-0.05, 0) is 41.8 Å². The summed E-state index contributed by atoms with van der Waals surface area (Å²) in [5.41, 5.74) is 2.58. The Labute approximate surface area is 264 Å². The summed E-state index contributed by atoms with van der Waals surface area (Å²) in [7, 11) is 1.52. The largest absolute Gasteiger partial charge is 0.573 e. The van der Waals surface area contributed by atoms with E-state index < -0.39 is 18.2 Å². The normalized spacial score (nSPS) is 14.7. The minimum atomic E-state index is -4.79. The molecular weight excluding hydrogens is 628 g/mol. The highest BCUT2D eigenvalue weighted by atomic mass is 32.2. The number of amidine groups is 1. The van der Waals surface area contributed by atoms with Crippen molar-refractivity contribution in [2.24, 2.45) is 4.99 Å². The predicted molar refractivity (Wildman–Crippen MR) is 166 cm³/mol. The summed E-state index contributed by atoms with van der Waals surface area (Å²) in [5.74, 6) is -0.362. The van der Waals surface area contributed by atoms with Gasteiger partial charge >= 0.3 is 12.4 Å². The van der Waals surface area contributed by atoms with Crippen LogP contribution in [0.25, 0.3) is 22.9 Å². The zero-order valence-electron chi connectivity index (χ0n) is 24.6. The van der Waals surface area contributed by atoms with E-state index in [1.807, 2.05) is 19.9 Å². The molecule has 1 fully saturated rings. The van der Waals surface area contributed by atoms with E-state index >= 15 is 0 Å². The Morgan fingerprint density at radius 2 is 1.76 bits per heavy atom. The van der Waals surface area contributed by atoms with Crippen molar-refractivity contribution in [2.75, 3.05) is 17.8 Å². The Hall–Kier alpha value is -5.18. The molecule has 1 aromatic heterocycles. The molecule has 0 spiro atoms. The lowest BCUT2D eigenvalue weighted by Crippen LogP contribution is -2.31. The van der Waals surface area contributed by atoms with Crippen LogP contribution in [0.2, 0.25) is 0 Å². The number of rotatable bonds is 8. The summed E-state index contributed by atoms with van der Waals surface area (Å²) >= 11 is 1.10. The number of nitrogens with one attached hydrogen (secondary N) is 1. The van der Waals surface area contributed by atoms with Crippen LogP contribution in [0.15, 0.2) is 84.2 Å². The number of carbonyl (C=O) groups is 2. The van der Waals surface area contributed by atoms with E-state index in [2.05, 4.69) is 25.1 Å². The number of aliphatic imine (C=N–C) groups is 1. The van der Waals surface area contributed by atoms with Crippen LogP contribution in [0.3, 0.4) is 0 Å². The third-order valence-corrected chi connectivity index (χ3v) is 7.55. The van der Waals surface area contributed by atoms with Gasteiger partial charge in [0.05, 0.1) is 24.2 Å². The molecule has 3 amide bonds. The fourth-order valence-electron chi connectivity index (χ4n) is 4.44. The van der Waals surface area contributed by atoms with Gasteiger partial charge < -0.3 is 14.8 Å². The van der Waals surface area contributed by atoms with Crippen molar-refractivity contribution in [3.63, 3.8) is 0 Å². The molecule has 46 heavy (non-hydrogen) atoms. The second kappa shape index (κ2) is 13.4. The number of benzene rings is 3. The SMILES string of the molecule is COc1ccc(C(C)C)c(N2C(=O)CSC2=NC(=O)N/C=C(\F)c2ccc(-c3ncn(-c4ccc(OC(F)(F)F)cc4)n3)cc2)c1. The number of halogens is 4. The van der Waals surface area contributed by atoms with Crippen molar-refractivity contribution in [3.05, 3.63) is 90.4 Å². The van der Waals surface area contributed by atoms with E-state index in [0.717, 1.165) is 35.7 Å². The van der Waals surface area contributed by atoms with Crippen LogP contribution in [-0.2, 0) is 4.79 Å². The fourth-order valence-corrected chi connectivity index (χ4v) is 5.30. The fraction of sp³-hybridized carbons (Fsp3) is 0.194. The van der Waals surface area contributed by atoms with Crippen molar-refractivity contribution in [3.8, 4) is 28.6 Å². The molecule has 3 aromatic carbocycles. The molecule has 1 N–H and O–H groups in total.